The molecule has 1 aliphatic heterocycles. The van der Waals surface area contributed by atoms with Crippen molar-refractivity contribution in [1.29, 1.82) is 0 Å². The molecule has 2 nitrogen and oxygen atoms in total. The summed E-state index contributed by atoms with van der Waals surface area (Å²) in [6, 6.07) is 8.14. The van der Waals surface area contributed by atoms with Gasteiger partial charge in [0.15, 0.2) is 0 Å². The second-order valence-electron chi connectivity index (χ2n) is 3.99. The van der Waals surface area contributed by atoms with Crippen LogP contribution in [0.1, 0.15) is 18.4 Å². The molecule has 1 aromatic carbocycles. The molecule has 0 saturated heterocycles. The zero-order valence-electron chi connectivity index (χ0n) is 9.03. The molecule has 3 heteroatoms. The summed E-state index contributed by atoms with van der Waals surface area (Å²) in [5.41, 5.74) is 7.45. The molecule has 2 rings (SSSR count). The molecule has 0 saturated carbocycles. The van der Waals surface area contributed by atoms with Gasteiger partial charge in [-0.1, -0.05) is 18.2 Å². The molecule has 0 bridgehead atoms. The fraction of sp³-hybridized carbons (Fsp3) is 0.500. The van der Waals surface area contributed by atoms with Crippen LogP contribution in [-0.4, -0.2) is 18.6 Å². The summed E-state index contributed by atoms with van der Waals surface area (Å²) in [6.45, 7) is 0.738. The van der Waals surface area contributed by atoms with Gasteiger partial charge in [0, 0.05) is 17.5 Å². The third-order valence-electron chi connectivity index (χ3n) is 2.98. The van der Waals surface area contributed by atoms with Gasteiger partial charge in [0.1, 0.15) is 5.75 Å². The molecule has 0 aliphatic carbocycles. The predicted molar refractivity (Wildman–Crippen MR) is 65.4 cm³/mol. The maximum absolute atomic E-state index is 6.46. The summed E-state index contributed by atoms with van der Waals surface area (Å²) in [5, 5.41) is 0. The van der Waals surface area contributed by atoms with Crippen molar-refractivity contribution in [3.63, 3.8) is 0 Å². The van der Waals surface area contributed by atoms with Crippen molar-refractivity contribution in [3.05, 3.63) is 29.8 Å². The van der Waals surface area contributed by atoms with E-state index in [4.69, 9.17) is 10.5 Å². The van der Waals surface area contributed by atoms with E-state index in [2.05, 4.69) is 12.3 Å². The zero-order chi connectivity index (χ0) is 10.7. The fourth-order valence-electron chi connectivity index (χ4n) is 2.03. The molecule has 0 radical (unpaired) electrons. The highest BCUT2D eigenvalue weighted by Gasteiger charge is 2.32. The van der Waals surface area contributed by atoms with E-state index in [9.17, 15) is 0 Å². The number of thioether (sulfide) groups is 1. The van der Waals surface area contributed by atoms with E-state index in [1.807, 2.05) is 30.0 Å². The number of nitrogens with two attached hydrogens (primary N) is 1. The highest BCUT2D eigenvalue weighted by molar-refractivity contribution is 7.98. The number of para-hydroxylation sites is 1. The van der Waals surface area contributed by atoms with Gasteiger partial charge in [-0.3, -0.25) is 0 Å². The fourth-order valence-corrected chi connectivity index (χ4v) is 2.59. The average molecular weight is 223 g/mol. The first-order chi connectivity index (χ1) is 7.26. The van der Waals surface area contributed by atoms with Crippen molar-refractivity contribution >= 4 is 11.8 Å². The normalized spacial score (nSPS) is 24.4. The van der Waals surface area contributed by atoms with Crippen molar-refractivity contribution < 1.29 is 4.74 Å². The molecular formula is C12H17NOS. The monoisotopic (exact) mass is 223 g/mol. The first-order valence-corrected chi connectivity index (χ1v) is 6.66. The SMILES string of the molecule is CSCCC1(N)CCOc2ccccc21. The molecule has 82 valence electrons. The van der Waals surface area contributed by atoms with Crippen LogP contribution in [0.5, 0.6) is 5.75 Å². The number of fused-ring (bicyclic) bond motifs is 1. The molecule has 0 amide bonds. The van der Waals surface area contributed by atoms with Gasteiger partial charge in [0.25, 0.3) is 0 Å². The van der Waals surface area contributed by atoms with Crippen LogP contribution in [-0.2, 0) is 5.54 Å². The van der Waals surface area contributed by atoms with Crippen LogP contribution in [0.2, 0.25) is 0 Å². The Kier molecular flexibility index (Phi) is 3.22. The summed E-state index contributed by atoms with van der Waals surface area (Å²) in [4.78, 5) is 0. The minimum atomic E-state index is -0.183. The standard InChI is InChI=1S/C12H17NOS/c1-15-9-7-12(13)6-8-14-11-5-3-2-4-10(11)12/h2-5H,6-9,13H2,1H3. The summed E-state index contributed by atoms with van der Waals surface area (Å²) >= 11 is 1.85. The largest absolute Gasteiger partial charge is 0.493 e. The lowest BCUT2D eigenvalue weighted by atomic mass is 9.83. The van der Waals surface area contributed by atoms with Gasteiger partial charge in [-0.2, -0.15) is 11.8 Å². The average Bonchev–Trinajstić information content (AvgIpc) is 2.27. The Morgan fingerprint density at radius 3 is 3.07 bits per heavy atom. The van der Waals surface area contributed by atoms with Gasteiger partial charge in [0.2, 0.25) is 0 Å². The van der Waals surface area contributed by atoms with Crippen molar-refractivity contribution in [3.8, 4) is 5.75 Å². The van der Waals surface area contributed by atoms with Crippen molar-refractivity contribution in [2.24, 2.45) is 5.73 Å². The summed E-state index contributed by atoms with van der Waals surface area (Å²) < 4.78 is 5.61. The number of ether oxygens (including phenoxy) is 1. The number of hydrogen-bond donors (Lipinski definition) is 1. The van der Waals surface area contributed by atoms with Crippen LogP contribution in [0.15, 0.2) is 24.3 Å². The molecule has 0 aromatic heterocycles. The Morgan fingerprint density at radius 2 is 2.27 bits per heavy atom. The van der Waals surface area contributed by atoms with E-state index in [-0.39, 0.29) is 5.54 Å². The Labute approximate surface area is 95.2 Å². The second-order valence-corrected chi connectivity index (χ2v) is 4.98. The number of hydrogen-bond acceptors (Lipinski definition) is 3. The van der Waals surface area contributed by atoms with E-state index in [0.717, 1.165) is 31.0 Å². The van der Waals surface area contributed by atoms with E-state index in [1.54, 1.807) is 0 Å². The van der Waals surface area contributed by atoms with Gasteiger partial charge >= 0.3 is 0 Å². The third-order valence-corrected chi connectivity index (χ3v) is 3.59. The molecule has 1 heterocycles. The topological polar surface area (TPSA) is 35.2 Å². The Hall–Kier alpha value is -0.670. The number of rotatable bonds is 3. The molecule has 1 unspecified atom stereocenters. The van der Waals surface area contributed by atoms with Gasteiger partial charge in [0.05, 0.1) is 6.61 Å². The van der Waals surface area contributed by atoms with Crippen LogP contribution in [0.3, 0.4) is 0 Å². The summed E-state index contributed by atoms with van der Waals surface area (Å²) in [7, 11) is 0. The van der Waals surface area contributed by atoms with Crippen LogP contribution in [0.4, 0.5) is 0 Å². The molecule has 0 spiro atoms. The lowest BCUT2D eigenvalue weighted by molar-refractivity contribution is 0.213. The third kappa shape index (κ3) is 2.13. The molecule has 1 atom stereocenters. The Balaban J connectivity index is 2.27. The maximum atomic E-state index is 6.46. The van der Waals surface area contributed by atoms with E-state index in [0.29, 0.717) is 0 Å². The van der Waals surface area contributed by atoms with Crippen molar-refractivity contribution in [2.45, 2.75) is 18.4 Å². The van der Waals surface area contributed by atoms with Crippen LogP contribution in [0.25, 0.3) is 0 Å². The van der Waals surface area contributed by atoms with Gasteiger partial charge in [-0.15, -0.1) is 0 Å². The van der Waals surface area contributed by atoms with Crippen molar-refractivity contribution in [2.75, 3.05) is 18.6 Å². The highest BCUT2D eigenvalue weighted by atomic mass is 32.2. The van der Waals surface area contributed by atoms with Crippen LogP contribution in [0, 0.1) is 0 Å². The Morgan fingerprint density at radius 1 is 1.47 bits per heavy atom. The molecule has 0 fully saturated rings. The van der Waals surface area contributed by atoms with Crippen molar-refractivity contribution in [1.82, 2.24) is 0 Å². The summed E-state index contributed by atoms with van der Waals surface area (Å²) in [6.07, 6.45) is 4.06. The van der Waals surface area contributed by atoms with Gasteiger partial charge < -0.3 is 10.5 Å². The van der Waals surface area contributed by atoms with E-state index >= 15 is 0 Å². The first-order valence-electron chi connectivity index (χ1n) is 5.26. The Bertz CT molecular complexity index is 342. The quantitative estimate of drug-likeness (QED) is 0.854. The van der Waals surface area contributed by atoms with E-state index in [1.165, 1.54) is 5.56 Å². The predicted octanol–water partition coefficient (Wildman–Crippen LogP) is 2.38. The second kappa shape index (κ2) is 4.45. The van der Waals surface area contributed by atoms with Gasteiger partial charge in [-0.25, -0.2) is 0 Å². The van der Waals surface area contributed by atoms with E-state index < -0.39 is 0 Å². The zero-order valence-corrected chi connectivity index (χ0v) is 9.85. The molecule has 2 N–H and O–H groups in total. The molecular weight excluding hydrogens is 206 g/mol. The summed E-state index contributed by atoms with van der Waals surface area (Å²) in [5.74, 6) is 2.07. The lowest BCUT2D eigenvalue weighted by Gasteiger charge is -2.35. The minimum absolute atomic E-state index is 0.183. The molecule has 1 aromatic rings. The smallest absolute Gasteiger partial charge is 0.124 e. The molecule has 15 heavy (non-hydrogen) atoms. The lowest BCUT2D eigenvalue weighted by Crippen LogP contribution is -2.41. The van der Waals surface area contributed by atoms with Crippen LogP contribution < -0.4 is 10.5 Å². The highest BCUT2D eigenvalue weighted by Crippen LogP contribution is 2.37. The minimum Gasteiger partial charge on any atom is -0.493 e. The first kappa shape index (κ1) is 10.8. The number of benzene rings is 1. The van der Waals surface area contributed by atoms with Crippen LogP contribution >= 0.6 is 11.8 Å². The molecule has 1 aliphatic rings. The maximum Gasteiger partial charge on any atom is 0.124 e. The van der Waals surface area contributed by atoms with Gasteiger partial charge in [-0.05, 0) is 24.5 Å².